The van der Waals surface area contributed by atoms with Gasteiger partial charge in [0.05, 0.1) is 6.10 Å². The van der Waals surface area contributed by atoms with Crippen molar-refractivity contribution in [3.8, 4) is 0 Å². The predicted octanol–water partition coefficient (Wildman–Crippen LogP) is 3.89. The largest absolute Gasteiger partial charge is 0.378 e. The molecule has 0 bridgehead atoms. The van der Waals surface area contributed by atoms with Crippen LogP contribution >= 0.6 is 0 Å². The van der Waals surface area contributed by atoms with E-state index in [1.54, 1.807) is 0 Å². The Labute approximate surface area is 118 Å². The van der Waals surface area contributed by atoms with Crippen LogP contribution in [0.2, 0.25) is 0 Å². The van der Waals surface area contributed by atoms with Gasteiger partial charge >= 0.3 is 0 Å². The highest BCUT2D eigenvalue weighted by Crippen LogP contribution is 2.54. The Balaban J connectivity index is 1.45. The molecule has 2 atom stereocenters. The maximum atomic E-state index is 5.99. The lowest BCUT2D eigenvalue weighted by Gasteiger charge is -2.54. The summed E-state index contributed by atoms with van der Waals surface area (Å²) in [6, 6.07) is 0.757. The van der Waals surface area contributed by atoms with E-state index in [4.69, 9.17) is 4.74 Å². The van der Waals surface area contributed by atoms with Crippen LogP contribution in [-0.4, -0.2) is 25.3 Å². The van der Waals surface area contributed by atoms with E-state index >= 15 is 0 Å². The van der Waals surface area contributed by atoms with Crippen molar-refractivity contribution in [1.29, 1.82) is 0 Å². The topological polar surface area (TPSA) is 21.3 Å². The molecule has 3 aliphatic carbocycles. The maximum Gasteiger partial charge on any atom is 0.0661 e. The lowest BCUT2D eigenvalue weighted by molar-refractivity contribution is -0.130. The number of rotatable bonds is 6. The van der Waals surface area contributed by atoms with Crippen LogP contribution in [0.5, 0.6) is 0 Å². The summed E-state index contributed by atoms with van der Waals surface area (Å²) >= 11 is 0. The average Bonchev–Trinajstić information content (AvgIpc) is 3.09. The first-order chi connectivity index (χ1) is 9.35. The van der Waals surface area contributed by atoms with Crippen molar-refractivity contribution >= 4 is 0 Å². The zero-order valence-electron chi connectivity index (χ0n) is 12.6. The molecule has 0 heterocycles. The summed E-state index contributed by atoms with van der Waals surface area (Å²) in [6.07, 6.45) is 14.8. The van der Waals surface area contributed by atoms with Gasteiger partial charge in [-0.2, -0.15) is 0 Å². The highest BCUT2D eigenvalue weighted by Gasteiger charge is 2.56. The lowest BCUT2D eigenvalue weighted by Crippen LogP contribution is -2.62. The van der Waals surface area contributed by atoms with Crippen molar-refractivity contribution in [3.05, 3.63) is 0 Å². The molecule has 0 aromatic carbocycles. The summed E-state index contributed by atoms with van der Waals surface area (Å²) < 4.78 is 5.99. The van der Waals surface area contributed by atoms with Crippen LogP contribution in [0.25, 0.3) is 0 Å². The van der Waals surface area contributed by atoms with Gasteiger partial charge in [-0.05, 0) is 45.1 Å². The maximum absolute atomic E-state index is 5.99. The van der Waals surface area contributed by atoms with Gasteiger partial charge in [0.15, 0.2) is 0 Å². The molecule has 19 heavy (non-hydrogen) atoms. The fourth-order valence-electron chi connectivity index (χ4n) is 4.93. The summed E-state index contributed by atoms with van der Waals surface area (Å²) in [4.78, 5) is 0. The Hall–Kier alpha value is -0.0800. The second-order valence-electron chi connectivity index (χ2n) is 7.07. The van der Waals surface area contributed by atoms with E-state index < -0.39 is 0 Å². The van der Waals surface area contributed by atoms with Gasteiger partial charge in [0.1, 0.15) is 0 Å². The Morgan fingerprint density at radius 3 is 2.53 bits per heavy atom. The van der Waals surface area contributed by atoms with Gasteiger partial charge in [-0.15, -0.1) is 0 Å². The van der Waals surface area contributed by atoms with Crippen molar-refractivity contribution in [2.75, 3.05) is 13.2 Å². The smallest absolute Gasteiger partial charge is 0.0661 e. The Morgan fingerprint density at radius 1 is 1.11 bits per heavy atom. The second-order valence-corrected chi connectivity index (χ2v) is 7.07. The highest BCUT2D eigenvalue weighted by atomic mass is 16.5. The van der Waals surface area contributed by atoms with E-state index in [0.717, 1.165) is 18.6 Å². The molecule has 0 aromatic heterocycles. The normalized spacial score (nSPS) is 33.9. The average molecular weight is 265 g/mol. The standard InChI is InChI=1S/C17H31NO/c1-2-19-16-13-15(17(16)10-5-6-11-17)18-12-9-14-7-3-4-8-14/h14-16,18H,2-13H2,1H3. The summed E-state index contributed by atoms with van der Waals surface area (Å²) in [5.74, 6) is 1.02. The molecular weight excluding hydrogens is 234 g/mol. The molecule has 3 rings (SSSR count). The van der Waals surface area contributed by atoms with Gasteiger partial charge in [0.2, 0.25) is 0 Å². The molecular formula is C17H31NO. The zero-order valence-corrected chi connectivity index (χ0v) is 12.6. The van der Waals surface area contributed by atoms with Gasteiger partial charge in [-0.25, -0.2) is 0 Å². The molecule has 110 valence electrons. The third-order valence-electron chi connectivity index (χ3n) is 6.11. The second kappa shape index (κ2) is 6.13. The Morgan fingerprint density at radius 2 is 1.84 bits per heavy atom. The van der Waals surface area contributed by atoms with Gasteiger partial charge < -0.3 is 10.1 Å². The number of hydrogen-bond donors (Lipinski definition) is 1. The van der Waals surface area contributed by atoms with Gasteiger partial charge in [0.25, 0.3) is 0 Å². The van der Waals surface area contributed by atoms with Crippen LogP contribution in [0.4, 0.5) is 0 Å². The zero-order chi connectivity index (χ0) is 13.1. The minimum Gasteiger partial charge on any atom is -0.378 e. The van der Waals surface area contributed by atoms with Crippen molar-refractivity contribution in [2.45, 2.75) is 83.3 Å². The minimum atomic E-state index is 0.520. The SMILES string of the molecule is CCOC1CC(NCCC2CCCC2)C12CCCC2. The molecule has 2 nitrogen and oxygen atoms in total. The fourth-order valence-corrected chi connectivity index (χ4v) is 4.93. The van der Waals surface area contributed by atoms with Crippen molar-refractivity contribution in [3.63, 3.8) is 0 Å². The molecule has 3 saturated carbocycles. The lowest BCUT2D eigenvalue weighted by atomic mass is 9.60. The minimum absolute atomic E-state index is 0.520. The molecule has 2 heteroatoms. The van der Waals surface area contributed by atoms with E-state index in [-0.39, 0.29) is 0 Å². The molecule has 1 spiro atoms. The molecule has 0 amide bonds. The van der Waals surface area contributed by atoms with Crippen molar-refractivity contribution < 1.29 is 4.74 Å². The van der Waals surface area contributed by atoms with Crippen LogP contribution < -0.4 is 5.32 Å². The number of nitrogens with one attached hydrogen (secondary N) is 1. The van der Waals surface area contributed by atoms with E-state index in [0.29, 0.717) is 11.5 Å². The molecule has 0 aromatic rings. The molecule has 0 radical (unpaired) electrons. The molecule has 1 N–H and O–H groups in total. The Kier molecular flexibility index (Phi) is 4.48. The Bertz CT molecular complexity index is 279. The third-order valence-corrected chi connectivity index (χ3v) is 6.11. The van der Waals surface area contributed by atoms with Gasteiger partial charge in [-0.3, -0.25) is 0 Å². The van der Waals surface area contributed by atoms with E-state index in [9.17, 15) is 0 Å². The van der Waals surface area contributed by atoms with Crippen LogP contribution in [0.15, 0.2) is 0 Å². The quantitative estimate of drug-likeness (QED) is 0.786. The molecule has 0 saturated heterocycles. The van der Waals surface area contributed by atoms with Gasteiger partial charge in [0, 0.05) is 18.1 Å². The molecule has 3 fully saturated rings. The summed E-state index contributed by atoms with van der Waals surface area (Å²) in [6.45, 7) is 4.28. The first-order valence-electron chi connectivity index (χ1n) is 8.70. The first kappa shape index (κ1) is 13.9. The fraction of sp³-hybridized carbons (Fsp3) is 1.00. The first-order valence-corrected chi connectivity index (χ1v) is 8.70. The summed E-state index contributed by atoms with van der Waals surface area (Å²) in [7, 11) is 0. The summed E-state index contributed by atoms with van der Waals surface area (Å²) in [5.41, 5.74) is 0.520. The number of hydrogen-bond acceptors (Lipinski definition) is 2. The van der Waals surface area contributed by atoms with Crippen molar-refractivity contribution in [2.24, 2.45) is 11.3 Å². The van der Waals surface area contributed by atoms with Crippen LogP contribution in [0, 0.1) is 11.3 Å². The molecule has 3 aliphatic rings. The molecule has 2 unspecified atom stereocenters. The van der Waals surface area contributed by atoms with E-state index in [1.165, 1.54) is 70.8 Å². The van der Waals surface area contributed by atoms with E-state index in [2.05, 4.69) is 12.2 Å². The predicted molar refractivity (Wildman–Crippen MR) is 79.3 cm³/mol. The van der Waals surface area contributed by atoms with Crippen molar-refractivity contribution in [1.82, 2.24) is 5.32 Å². The number of ether oxygens (including phenoxy) is 1. The highest BCUT2D eigenvalue weighted by molar-refractivity contribution is 5.09. The van der Waals surface area contributed by atoms with E-state index in [1.807, 2.05) is 0 Å². The van der Waals surface area contributed by atoms with Crippen LogP contribution in [0.1, 0.15) is 71.1 Å². The summed E-state index contributed by atoms with van der Waals surface area (Å²) in [5, 5.41) is 3.89. The monoisotopic (exact) mass is 265 g/mol. The van der Waals surface area contributed by atoms with Crippen LogP contribution in [-0.2, 0) is 4.74 Å². The van der Waals surface area contributed by atoms with Crippen LogP contribution in [0.3, 0.4) is 0 Å². The third kappa shape index (κ3) is 2.71. The van der Waals surface area contributed by atoms with Gasteiger partial charge in [-0.1, -0.05) is 38.5 Å². The molecule has 0 aliphatic heterocycles.